The standard InChI is InChI=1S/C33H46BrN3O2Si2/c1-25-29(34)20-21-30-31(25)35-36-37(30)23-22-26(24-38-40(8,9)32(2,3)4)39-41(33(5,6)7,27-16-12-10-13-17-27)28-18-14-11-15-19-28/h10-21,26H,22-24H2,1-9H3/t26-/m0/s1. The average Bonchev–Trinajstić information content (AvgIpc) is 3.33. The summed E-state index contributed by atoms with van der Waals surface area (Å²) in [5, 5.41) is 11.6. The summed E-state index contributed by atoms with van der Waals surface area (Å²) in [5.41, 5.74) is 3.08. The van der Waals surface area contributed by atoms with Crippen LogP contribution in [-0.4, -0.2) is 44.3 Å². The lowest BCUT2D eigenvalue weighted by Gasteiger charge is -2.46. The van der Waals surface area contributed by atoms with E-state index in [0.29, 0.717) is 13.2 Å². The maximum absolute atomic E-state index is 7.60. The summed E-state index contributed by atoms with van der Waals surface area (Å²) in [4.78, 5) is 0. The number of hydrogen-bond acceptors (Lipinski definition) is 4. The summed E-state index contributed by atoms with van der Waals surface area (Å²) in [7, 11) is -4.77. The van der Waals surface area contributed by atoms with Crippen molar-refractivity contribution in [2.75, 3.05) is 6.61 Å². The quantitative estimate of drug-likeness (QED) is 0.164. The summed E-state index contributed by atoms with van der Waals surface area (Å²) in [5.74, 6) is 0. The molecule has 0 N–H and O–H groups in total. The lowest BCUT2D eigenvalue weighted by atomic mass is 10.2. The third-order valence-corrected chi connectivity index (χ3v) is 19.2. The molecule has 0 spiro atoms. The van der Waals surface area contributed by atoms with Gasteiger partial charge < -0.3 is 8.85 Å². The fourth-order valence-corrected chi connectivity index (χ4v) is 11.3. The summed E-state index contributed by atoms with van der Waals surface area (Å²) < 4.78 is 17.5. The number of benzene rings is 3. The molecule has 1 atom stereocenters. The second kappa shape index (κ2) is 12.2. The fraction of sp³-hybridized carbons (Fsp3) is 0.455. The molecule has 0 fully saturated rings. The second-order valence-corrected chi connectivity index (χ2v) is 23.5. The Kier molecular flexibility index (Phi) is 9.51. The Balaban J connectivity index is 1.76. The number of aryl methyl sites for hydroxylation is 2. The van der Waals surface area contributed by atoms with Crippen molar-refractivity contribution in [2.45, 2.75) is 90.7 Å². The van der Waals surface area contributed by atoms with Crippen molar-refractivity contribution in [1.82, 2.24) is 15.0 Å². The summed E-state index contributed by atoms with van der Waals surface area (Å²) >= 11 is 3.63. The highest BCUT2D eigenvalue weighted by Gasteiger charge is 2.51. The first-order valence-corrected chi connectivity index (χ1v) is 20.2. The van der Waals surface area contributed by atoms with E-state index in [1.165, 1.54) is 10.4 Å². The van der Waals surface area contributed by atoms with E-state index in [0.717, 1.165) is 27.5 Å². The van der Waals surface area contributed by atoms with Crippen molar-refractivity contribution < 1.29 is 8.85 Å². The van der Waals surface area contributed by atoms with Gasteiger partial charge in [-0.05, 0) is 64.6 Å². The Hall–Kier alpha value is -2.11. The van der Waals surface area contributed by atoms with Gasteiger partial charge >= 0.3 is 0 Å². The molecule has 0 saturated carbocycles. The molecular weight excluding hydrogens is 606 g/mol. The molecule has 0 aliphatic carbocycles. The molecule has 220 valence electrons. The van der Waals surface area contributed by atoms with Crippen LogP contribution in [0.1, 0.15) is 53.5 Å². The Morgan fingerprint density at radius 3 is 1.90 bits per heavy atom. The van der Waals surface area contributed by atoms with Gasteiger partial charge in [-0.1, -0.05) is 123 Å². The molecular formula is C33H46BrN3O2Si2. The molecule has 0 amide bonds. The Morgan fingerprint density at radius 2 is 1.39 bits per heavy atom. The molecule has 0 saturated heterocycles. The smallest absolute Gasteiger partial charge is 0.261 e. The molecule has 1 heterocycles. The maximum atomic E-state index is 7.60. The van der Waals surface area contributed by atoms with E-state index < -0.39 is 16.6 Å². The number of rotatable bonds is 10. The topological polar surface area (TPSA) is 49.2 Å². The summed E-state index contributed by atoms with van der Waals surface area (Å²) in [6.45, 7) is 21.8. The van der Waals surface area contributed by atoms with Crippen molar-refractivity contribution in [3.05, 3.63) is 82.8 Å². The van der Waals surface area contributed by atoms with Crippen LogP contribution in [0.25, 0.3) is 11.0 Å². The van der Waals surface area contributed by atoms with Crippen LogP contribution in [0.5, 0.6) is 0 Å². The van der Waals surface area contributed by atoms with Gasteiger partial charge in [0.1, 0.15) is 5.52 Å². The molecule has 0 unspecified atom stereocenters. The lowest BCUT2D eigenvalue weighted by molar-refractivity contribution is 0.0998. The van der Waals surface area contributed by atoms with Gasteiger partial charge in [-0.3, -0.25) is 0 Å². The lowest BCUT2D eigenvalue weighted by Crippen LogP contribution is -2.68. The predicted octanol–water partition coefficient (Wildman–Crippen LogP) is 7.86. The van der Waals surface area contributed by atoms with E-state index in [9.17, 15) is 0 Å². The van der Waals surface area contributed by atoms with Crippen LogP contribution in [-0.2, 0) is 15.4 Å². The molecule has 41 heavy (non-hydrogen) atoms. The monoisotopic (exact) mass is 651 g/mol. The van der Waals surface area contributed by atoms with Gasteiger partial charge in [0.15, 0.2) is 8.32 Å². The zero-order valence-electron chi connectivity index (χ0n) is 26.2. The van der Waals surface area contributed by atoms with Gasteiger partial charge in [0.2, 0.25) is 0 Å². The van der Waals surface area contributed by atoms with E-state index >= 15 is 0 Å². The molecule has 5 nitrogen and oxygen atoms in total. The van der Waals surface area contributed by atoms with E-state index in [4.69, 9.17) is 8.85 Å². The Morgan fingerprint density at radius 1 is 0.829 bits per heavy atom. The molecule has 8 heteroatoms. The minimum atomic E-state index is -2.76. The molecule has 3 aromatic carbocycles. The third-order valence-electron chi connectivity index (χ3n) is 8.73. The van der Waals surface area contributed by atoms with Gasteiger partial charge in [0.25, 0.3) is 8.32 Å². The van der Waals surface area contributed by atoms with Crippen LogP contribution in [0.4, 0.5) is 0 Å². The van der Waals surface area contributed by atoms with E-state index in [1.54, 1.807) is 0 Å². The molecule has 0 radical (unpaired) electrons. The highest BCUT2D eigenvalue weighted by molar-refractivity contribution is 9.10. The molecule has 4 rings (SSSR count). The first-order valence-electron chi connectivity index (χ1n) is 14.6. The van der Waals surface area contributed by atoms with Gasteiger partial charge in [0, 0.05) is 11.0 Å². The van der Waals surface area contributed by atoms with Crippen molar-refractivity contribution >= 4 is 54.0 Å². The number of aromatic nitrogens is 3. The van der Waals surface area contributed by atoms with Crippen LogP contribution in [0.3, 0.4) is 0 Å². The Labute approximate surface area is 257 Å². The van der Waals surface area contributed by atoms with Crippen LogP contribution >= 0.6 is 15.9 Å². The van der Waals surface area contributed by atoms with Gasteiger partial charge in [-0.15, -0.1) is 5.10 Å². The molecule has 0 aliphatic heterocycles. The van der Waals surface area contributed by atoms with E-state index in [2.05, 4.69) is 161 Å². The number of fused-ring (bicyclic) bond motifs is 1. The fourth-order valence-electron chi connectivity index (χ4n) is 5.21. The Bertz CT molecular complexity index is 1410. The number of halogens is 1. The largest absolute Gasteiger partial charge is 0.414 e. The van der Waals surface area contributed by atoms with E-state index in [1.807, 2.05) is 4.68 Å². The minimum absolute atomic E-state index is 0.113. The van der Waals surface area contributed by atoms with Crippen LogP contribution in [0.2, 0.25) is 23.2 Å². The highest BCUT2D eigenvalue weighted by atomic mass is 79.9. The molecule has 0 bridgehead atoms. The van der Waals surface area contributed by atoms with Crippen LogP contribution in [0.15, 0.2) is 77.3 Å². The molecule has 4 aromatic rings. The predicted molar refractivity (Wildman–Crippen MR) is 180 cm³/mol. The summed E-state index contributed by atoms with van der Waals surface area (Å²) in [6, 6.07) is 25.9. The molecule has 1 aromatic heterocycles. The summed E-state index contributed by atoms with van der Waals surface area (Å²) in [6.07, 6.45) is 0.651. The van der Waals surface area contributed by atoms with Gasteiger partial charge in [0.05, 0.1) is 18.2 Å². The normalized spacial score (nSPS) is 14.0. The van der Waals surface area contributed by atoms with Crippen LogP contribution < -0.4 is 10.4 Å². The zero-order valence-corrected chi connectivity index (χ0v) is 29.7. The van der Waals surface area contributed by atoms with E-state index in [-0.39, 0.29) is 16.2 Å². The molecule has 0 aliphatic rings. The van der Waals surface area contributed by atoms with Gasteiger partial charge in [-0.25, -0.2) is 4.68 Å². The van der Waals surface area contributed by atoms with Gasteiger partial charge in [-0.2, -0.15) is 0 Å². The highest BCUT2D eigenvalue weighted by Crippen LogP contribution is 2.40. The van der Waals surface area contributed by atoms with Crippen molar-refractivity contribution in [1.29, 1.82) is 0 Å². The van der Waals surface area contributed by atoms with Crippen LogP contribution in [0, 0.1) is 6.92 Å². The minimum Gasteiger partial charge on any atom is -0.414 e. The average molecular weight is 653 g/mol. The number of hydrogen-bond donors (Lipinski definition) is 0. The second-order valence-electron chi connectivity index (χ2n) is 13.6. The van der Waals surface area contributed by atoms with Crippen molar-refractivity contribution in [2.24, 2.45) is 0 Å². The SMILES string of the molecule is Cc1c(Br)ccc2c1nnn2CC[C@@H](CO[Si](C)(C)C(C)(C)C)O[Si](c1ccccc1)(c1ccccc1)C(C)(C)C. The zero-order chi connectivity index (χ0) is 30.1. The third kappa shape index (κ3) is 6.62. The first-order chi connectivity index (χ1) is 19.2. The van der Waals surface area contributed by atoms with Crippen molar-refractivity contribution in [3.63, 3.8) is 0 Å². The number of nitrogens with zero attached hydrogens (tertiary/aromatic N) is 3. The first kappa shape index (κ1) is 31.8. The maximum Gasteiger partial charge on any atom is 0.261 e. The van der Waals surface area contributed by atoms with Crippen molar-refractivity contribution in [3.8, 4) is 0 Å².